The van der Waals surface area contributed by atoms with Crippen LogP contribution >= 0.6 is 23.8 Å². The van der Waals surface area contributed by atoms with Crippen molar-refractivity contribution in [3.63, 3.8) is 0 Å². The minimum atomic E-state index is -0.608. The maximum absolute atomic E-state index is 11.1. The van der Waals surface area contributed by atoms with Crippen molar-refractivity contribution in [1.82, 2.24) is 10.3 Å². The topological polar surface area (TPSA) is 63.2 Å². The molecule has 0 atom stereocenters. The second kappa shape index (κ2) is 6.36. The molecule has 0 spiro atoms. The number of aromatic nitrogens is 1. The summed E-state index contributed by atoms with van der Waals surface area (Å²) in [5.41, 5.74) is 0.937. The van der Waals surface area contributed by atoms with Crippen molar-refractivity contribution in [1.29, 1.82) is 0 Å². The van der Waals surface area contributed by atoms with E-state index in [1.807, 2.05) is 6.92 Å². The summed E-state index contributed by atoms with van der Waals surface area (Å²) >= 11 is 10.7. The van der Waals surface area contributed by atoms with Crippen LogP contribution < -0.4 is 10.6 Å². The van der Waals surface area contributed by atoms with E-state index in [0.29, 0.717) is 11.0 Å². The predicted octanol–water partition coefficient (Wildman–Crippen LogP) is 2.49. The van der Waals surface area contributed by atoms with Crippen LogP contribution in [0.1, 0.15) is 12.5 Å². The number of ether oxygens (including phenoxy) is 1. The Labute approximate surface area is 110 Å². The van der Waals surface area contributed by atoms with E-state index in [4.69, 9.17) is 23.8 Å². The smallest absolute Gasteiger partial charge is 0.413 e. The molecule has 1 amide bonds. The minimum absolute atomic E-state index is 0.109. The second-order valence-corrected chi connectivity index (χ2v) is 3.95. The first-order valence-electron chi connectivity index (χ1n) is 4.90. The van der Waals surface area contributed by atoms with Crippen LogP contribution in [-0.4, -0.2) is 22.8 Å². The number of carbonyl (C=O) groups is 1. The Morgan fingerprint density at radius 1 is 1.59 bits per heavy atom. The zero-order valence-corrected chi connectivity index (χ0v) is 11.0. The molecule has 1 rings (SSSR count). The second-order valence-electron chi connectivity index (χ2n) is 3.15. The van der Waals surface area contributed by atoms with Gasteiger partial charge in [0.1, 0.15) is 11.0 Å². The van der Waals surface area contributed by atoms with E-state index in [1.54, 1.807) is 19.1 Å². The Bertz CT molecular complexity index is 419. The number of halogens is 1. The molecule has 0 aliphatic carbocycles. The number of nitrogens with one attached hydrogen (secondary N) is 2. The fourth-order valence-electron chi connectivity index (χ4n) is 1.10. The molecule has 17 heavy (non-hydrogen) atoms. The Kier molecular flexibility index (Phi) is 5.11. The molecular formula is C10H12ClN3O2S. The zero-order chi connectivity index (χ0) is 12.8. The van der Waals surface area contributed by atoms with Crippen molar-refractivity contribution in [2.45, 2.75) is 13.8 Å². The molecule has 0 unspecified atom stereocenters. The van der Waals surface area contributed by atoms with Gasteiger partial charge in [-0.15, -0.1) is 0 Å². The molecule has 0 aliphatic rings. The lowest BCUT2D eigenvalue weighted by atomic mass is 10.3. The number of carbonyl (C=O) groups excluding carboxylic acids is 1. The number of alkyl carbamates (subject to hydrolysis) is 1. The summed E-state index contributed by atoms with van der Waals surface area (Å²) in [6.45, 7) is 3.86. The molecule has 7 heteroatoms. The molecule has 0 aliphatic heterocycles. The van der Waals surface area contributed by atoms with Gasteiger partial charge in [-0.05, 0) is 43.8 Å². The van der Waals surface area contributed by atoms with Crippen molar-refractivity contribution in [3.8, 4) is 0 Å². The minimum Gasteiger partial charge on any atom is -0.450 e. The van der Waals surface area contributed by atoms with Crippen LogP contribution in [0.25, 0.3) is 0 Å². The zero-order valence-electron chi connectivity index (χ0n) is 9.41. The number of rotatable bonds is 2. The monoisotopic (exact) mass is 273 g/mol. The maximum Gasteiger partial charge on any atom is 0.413 e. The highest BCUT2D eigenvalue weighted by molar-refractivity contribution is 7.80. The summed E-state index contributed by atoms with van der Waals surface area (Å²) in [6, 6.07) is 3.47. The lowest BCUT2D eigenvalue weighted by molar-refractivity contribution is 0.158. The van der Waals surface area contributed by atoms with Crippen molar-refractivity contribution in [2.75, 3.05) is 11.9 Å². The summed E-state index contributed by atoms with van der Waals surface area (Å²) in [7, 11) is 0. The van der Waals surface area contributed by atoms with Gasteiger partial charge in [0.15, 0.2) is 5.11 Å². The van der Waals surface area contributed by atoms with Crippen LogP contribution in [0.5, 0.6) is 0 Å². The van der Waals surface area contributed by atoms with E-state index in [2.05, 4.69) is 20.4 Å². The molecule has 0 saturated heterocycles. The van der Waals surface area contributed by atoms with Gasteiger partial charge in [-0.1, -0.05) is 11.6 Å². The van der Waals surface area contributed by atoms with Crippen LogP contribution in [0.15, 0.2) is 12.1 Å². The lowest BCUT2D eigenvalue weighted by Gasteiger charge is -2.09. The molecule has 0 aromatic carbocycles. The largest absolute Gasteiger partial charge is 0.450 e. The van der Waals surface area contributed by atoms with Gasteiger partial charge in [-0.2, -0.15) is 0 Å². The standard InChI is InChI=1S/C10H12ClN3O2S/c1-3-16-10(15)14-9(17)13-8-5-6(2)4-7(11)12-8/h4-5H,3H2,1-2H3,(H2,12,13,14,15,17). The summed E-state index contributed by atoms with van der Waals surface area (Å²) < 4.78 is 4.67. The van der Waals surface area contributed by atoms with E-state index < -0.39 is 6.09 Å². The average molecular weight is 274 g/mol. The maximum atomic E-state index is 11.1. The van der Waals surface area contributed by atoms with Gasteiger partial charge in [0.2, 0.25) is 0 Å². The molecule has 1 heterocycles. The molecule has 1 aromatic heterocycles. The van der Waals surface area contributed by atoms with E-state index >= 15 is 0 Å². The van der Waals surface area contributed by atoms with Gasteiger partial charge >= 0.3 is 6.09 Å². The molecule has 0 fully saturated rings. The SMILES string of the molecule is CCOC(=O)NC(=S)Nc1cc(C)cc(Cl)n1. The van der Waals surface area contributed by atoms with E-state index in [1.165, 1.54) is 0 Å². The average Bonchev–Trinajstić information content (AvgIpc) is 2.14. The quantitative estimate of drug-likeness (QED) is 0.640. The Morgan fingerprint density at radius 2 is 2.29 bits per heavy atom. The number of nitrogens with zero attached hydrogens (tertiary/aromatic N) is 1. The lowest BCUT2D eigenvalue weighted by Crippen LogP contribution is -2.34. The predicted molar refractivity (Wildman–Crippen MR) is 70.4 cm³/mol. The number of pyridine rings is 1. The summed E-state index contributed by atoms with van der Waals surface area (Å²) in [6.07, 6.45) is -0.608. The van der Waals surface area contributed by atoms with Gasteiger partial charge in [0.25, 0.3) is 0 Å². The Balaban J connectivity index is 2.59. The first-order chi connectivity index (χ1) is 8.01. The molecule has 92 valence electrons. The summed E-state index contributed by atoms with van der Waals surface area (Å²) in [5.74, 6) is 0.469. The van der Waals surface area contributed by atoms with Crippen molar-refractivity contribution in [3.05, 3.63) is 22.8 Å². The van der Waals surface area contributed by atoms with Gasteiger partial charge in [0.05, 0.1) is 6.61 Å². The molecule has 1 aromatic rings. The third kappa shape index (κ3) is 4.97. The number of hydrogen-bond acceptors (Lipinski definition) is 4. The van der Waals surface area contributed by atoms with Crippen LogP contribution in [0.4, 0.5) is 10.6 Å². The highest BCUT2D eigenvalue weighted by Crippen LogP contribution is 2.13. The van der Waals surface area contributed by atoms with Gasteiger partial charge in [-0.25, -0.2) is 9.78 Å². The summed E-state index contributed by atoms with van der Waals surface area (Å²) in [5, 5.41) is 5.54. The normalized spacial score (nSPS) is 9.59. The Morgan fingerprint density at radius 3 is 2.88 bits per heavy atom. The first-order valence-corrected chi connectivity index (χ1v) is 5.69. The number of thiocarbonyl (C=S) groups is 1. The Hall–Kier alpha value is -1.40. The molecule has 0 radical (unpaired) electrons. The fourth-order valence-corrected chi connectivity index (χ4v) is 1.55. The molecule has 0 saturated carbocycles. The number of amides is 1. The number of anilines is 1. The van der Waals surface area contributed by atoms with E-state index in [9.17, 15) is 4.79 Å². The van der Waals surface area contributed by atoms with Crippen molar-refractivity contribution in [2.24, 2.45) is 0 Å². The van der Waals surface area contributed by atoms with Gasteiger partial charge in [-0.3, -0.25) is 5.32 Å². The third-order valence-electron chi connectivity index (χ3n) is 1.67. The summed E-state index contributed by atoms with van der Waals surface area (Å²) in [4.78, 5) is 15.1. The highest BCUT2D eigenvalue weighted by Gasteiger charge is 2.06. The van der Waals surface area contributed by atoms with Crippen LogP contribution in [0.2, 0.25) is 5.15 Å². The molecule has 2 N–H and O–H groups in total. The van der Waals surface area contributed by atoms with Crippen molar-refractivity contribution < 1.29 is 9.53 Å². The first kappa shape index (κ1) is 13.7. The highest BCUT2D eigenvalue weighted by atomic mass is 35.5. The molecular weight excluding hydrogens is 262 g/mol. The third-order valence-corrected chi connectivity index (χ3v) is 2.07. The van der Waals surface area contributed by atoms with E-state index in [0.717, 1.165) is 5.56 Å². The van der Waals surface area contributed by atoms with Gasteiger partial charge in [0, 0.05) is 0 Å². The van der Waals surface area contributed by atoms with Gasteiger partial charge < -0.3 is 10.1 Å². The molecule has 5 nitrogen and oxygen atoms in total. The van der Waals surface area contributed by atoms with Crippen LogP contribution in [-0.2, 0) is 4.74 Å². The van der Waals surface area contributed by atoms with E-state index in [-0.39, 0.29) is 11.7 Å². The number of aryl methyl sites for hydroxylation is 1. The van der Waals surface area contributed by atoms with Crippen molar-refractivity contribution >= 4 is 40.8 Å². The van der Waals surface area contributed by atoms with Crippen LogP contribution in [0, 0.1) is 6.92 Å². The fraction of sp³-hybridized carbons (Fsp3) is 0.300. The number of hydrogen-bond donors (Lipinski definition) is 2. The van der Waals surface area contributed by atoms with Crippen LogP contribution in [0.3, 0.4) is 0 Å². The molecule has 0 bridgehead atoms.